The first-order chi connectivity index (χ1) is 6.20. The summed E-state index contributed by atoms with van der Waals surface area (Å²) in [6.45, 7) is 5.10. The van der Waals surface area contributed by atoms with Crippen molar-refractivity contribution in [3.63, 3.8) is 0 Å². The zero-order valence-corrected chi connectivity index (χ0v) is 8.17. The fourth-order valence-electron chi connectivity index (χ4n) is 0.956. The van der Waals surface area contributed by atoms with Gasteiger partial charge in [-0.1, -0.05) is 13.8 Å². The number of hydrogen-bond donors (Lipinski definition) is 3. The van der Waals surface area contributed by atoms with Gasteiger partial charge in [0.15, 0.2) is 0 Å². The van der Waals surface area contributed by atoms with Crippen LogP contribution in [0.4, 0.5) is 5.69 Å². The minimum atomic E-state index is -0.0444. The summed E-state index contributed by atoms with van der Waals surface area (Å²) >= 11 is 0. The number of hydrogen-bond acceptors (Lipinski definition) is 3. The average molecular weight is 183 g/mol. The highest BCUT2D eigenvalue weighted by Crippen LogP contribution is 2.20. The molecular formula is C9H17N3O. The Hall–Kier alpha value is -1.03. The maximum absolute atomic E-state index is 9.15. The van der Waals surface area contributed by atoms with Gasteiger partial charge in [0.25, 0.3) is 0 Å². The van der Waals surface area contributed by atoms with E-state index in [4.69, 9.17) is 5.11 Å². The molecule has 1 aromatic heterocycles. The number of rotatable bonds is 5. The Morgan fingerprint density at radius 1 is 1.69 bits per heavy atom. The number of aromatic amines is 1. The van der Waals surface area contributed by atoms with Crippen LogP contribution in [0.3, 0.4) is 0 Å². The molecule has 1 heterocycles. The summed E-state index contributed by atoms with van der Waals surface area (Å²) in [4.78, 5) is 0. The zero-order chi connectivity index (χ0) is 9.73. The molecule has 1 aromatic rings. The Morgan fingerprint density at radius 2 is 2.46 bits per heavy atom. The Bertz CT molecular complexity index is 229. The van der Waals surface area contributed by atoms with E-state index in [1.54, 1.807) is 12.4 Å². The maximum atomic E-state index is 9.15. The summed E-state index contributed by atoms with van der Waals surface area (Å²) < 4.78 is 0. The van der Waals surface area contributed by atoms with Crippen LogP contribution in [0.25, 0.3) is 0 Å². The molecule has 0 saturated heterocycles. The minimum Gasteiger partial charge on any atom is -0.396 e. The molecule has 0 bridgehead atoms. The van der Waals surface area contributed by atoms with E-state index in [0.29, 0.717) is 0 Å². The van der Waals surface area contributed by atoms with Gasteiger partial charge < -0.3 is 10.4 Å². The van der Waals surface area contributed by atoms with Gasteiger partial charge in [-0.15, -0.1) is 0 Å². The molecule has 1 unspecified atom stereocenters. The van der Waals surface area contributed by atoms with E-state index in [-0.39, 0.29) is 12.0 Å². The van der Waals surface area contributed by atoms with Gasteiger partial charge in [-0.05, 0) is 6.42 Å². The summed E-state index contributed by atoms with van der Waals surface area (Å²) in [7, 11) is 0. The van der Waals surface area contributed by atoms with E-state index in [1.807, 2.05) is 0 Å². The summed E-state index contributed by atoms with van der Waals surface area (Å²) in [5.74, 6) is 0. The molecule has 0 saturated carbocycles. The quantitative estimate of drug-likeness (QED) is 0.643. The molecule has 1 rings (SSSR count). The topological polar surface area (TPSA) is 60.9 Å². The normalized spacial score (nSPS) is 15.3. The van der Waals surface area contributed by atoms with Crippen molar-refractivity contribution in [3.8, 4) is 0 Å². The van der Waals surface area contributed by atoms with E-state index >= 15 is 0 Å². The van der Waals surface area contributed by atoms with Gasteiger partial charge in [-0.25, -0.2) is 0 Å². The van der Waals surface area contributed by atoms with Crippen LogP contribution in [0.5, 0.6) is 0 Å². The zero-order valence-electron chi connectivity index (χ0n) is 8.17. The smallest absolute Gasteiger partial charge is 0.0723 e. The predicted octanol–water partition coefficient (Wildman–Crippen LogP) is 1.23. The van der Waals surface area contributed by atoms with Crippen LogP contribution < -0.4 is 5.32 Å². The van der Waals surface area contributed by atoms with Crippen LogP contribution in [0.2, 0.25) is 0 Å². The van der Waals surface area contributed by atoms with Crippen LogP contribution in [0, 0.1) is 5.41 Å². The molecule has 0 aliphatic heterocycles. The van der Waals surface area contributed by atoms with Crippen molar-refractivity contribution in [2.24, 2.45) is 5.41 Å². The van der Waals surface area contributed by atoms with Crippen molar-refractivity contribution >= 4 is 5.69 Å². The number of anilines is 1. The van der Waals surface area contributed by atoms with Gasteiger partial charge in [0.2, 0.25) is 0 Å². The van der Waals surface area contributed by atoms with Crippen molar-refractivity contribution < 1.29 is 5.11 Å². The first-order valence-corrected chi connectivity index (χ1v) is 4.54. The number of aromatic nitrogens is 2. The fraction of sp³-hybridized carbons (Fsp3) is 0.667. The molecule has 0 spiro atoms. The van der Waals surface area contributed by atoms with E-state index in [9.17, 15) is 0 Å². The lowest BCUT2D eigenvalue weighted by Crippen LogP contribution is -2.29. The van der Waals surface area contributed by atoms with Crippen molar-refractivity contribution in [2.45, 2.75) is 20.3 Å². The van der Waals surface area contributed by atoms with Gasteiger partial charge in [0.1, 0.15) is 0 Å². The van der Waals surface area contributed by atoms with E-state index in [2.05, 4.69) is 29.4 Å². The van der Waals surface area contributed by atoms with Gasteiger partial charge in [0.05, 0.1) is 18.5 Å². The first-order valence-electron chi connectivity index (χ1n) is 4.54. The van der Waals surface area contributed by atoms with E-state index in [1.165, 1.54) is 0 Å². The number of aliphatic hydroxyl groups is 1. The Kier molecular flexibility index (Phi) is 3.31. The molecule has 3 N–H and O–H groups in total. The third-order valence-electron chi connectivity index (χ3n) is 2.45. The third kappa shape index (κ3) is 2.73. The molecular weight excluding hydrogens is 166 g/mol. The summed E-state index contributed by atoms with van der Waals surface area (Å²) in [6, 6.07) is 0. The molecule has 4 nitrogen and oxygen atoms in total. The molecule has 0 aliphatic carbocycles. The highest BCUT2D eigenvalue weighted by molar-refractivity contribution is 5.37. The van der Waals surface area contributed by atoms with E-state index < -0.39 is 0 Å². The average Bonchev–Trinajstić information content (AvgIpc) is 2.67. The van der Waals surface area contributed by atoms with Crippen LogP contribution in [-0.4, -0.2) is 28.5 Å². The van der Waals surface area contributed by atoms with Crippen LogP contribution in [-0.2, 0) is 0 Å². The lowest BCUT2D eigenvalue weighted by atomic mass is 9.89. The Labute approximate surface area is 78.4 Å². The molecule has 74 valence electrons. The second-order valence-corrected chi connectivity index (χ2v) is 3.66. The molecule has 4 heteroatoms. The summed E-state index contributed by atoms with van der Waals surface area (Å²) in [5, 5.41) is 18.9. The highest BCUT2D eigenvalue weighted by atomic mass is 16.3. The fourth-order valence-corrected chi connectivity index (χ4v) is 0.956. The Morgan fingerprint density at radius 3 is 2.92 bits per heavy atom. The second kappa shape index (κ2) is 4.28. The number of nitrogens with one attached hydrogen (secondary N) is 2. The molecule has 0 amide bonds. The molecule has 1 atom stereocenters. The van der Waals surface area contributed by atoms with Gasteiger partial charge in [0, 0.05) is 18.2 Å². The molecule has 0 fully saturated rings. The summed E-state index contributed by atoms with van der Waals surface area (Å²) in [6.07, 6.45) is 4.48. The largest absolute Gasteiger partial charge is 0.396 e. The van der Waals surface area contributed by atoms with Crippen LogP contribution in [0.1, 0.15) is 20.3 Å². The molecule has 0 radical (unpaired) electrons. The summed E-state index contributed by atoms with van der Waals surface area (Å²) in [5.41, 5.74) is 0.921. The standard InChI is InChI=1S/C9H17N3O/c1-3-9(2,7-13)6-10-8-4-11-12-5-8/h4-5,10,13H,3,6-7H2,1-2H3,(H,11,12). The maximum Gasteiger partial charge on any atom is 0.0723 e. The van der Waals surface area contributed by atoms with Crippen molar-refractivity contribution in [2.75, 3.05) is 18.5 Å². The molecule has 0 aliphatic rings. The van der Waals surface area contributed by atoms with Gasteiger partial charge in [-0.2, -0.15) is 5.10 Å². The number of aliphatic hydroxyl groups excluding tert-OH is 1. The highest BCUT2D eigenvalue weighted by Gasteiger charge is 2.20. The van der Waals surface area contributed by atoms with Gasteiger partial charge >= 0.3 is 0 Å². The molecule has 0 aromatic carbocycles. The van der Waals surface area contributed by atoms with Crippen LogP contribution >= 0.6 is 0 Å². The third-order valence-corrected chi connectivity index (χ3v) is 2.45. The monoisotopic (exact) mass is 183 g/mol. The first kappa shape index (κ1) is 10.1. The lowest BCUT2D eigenvalue weighted by Gasteiger charge is -2.25. The second-order valence-electron chi connectivity index (χ2n) is 3.66. The number of H-pyrrole nitrogens is 1. The van der Waals surface area contributed by atoms with Crippen LogP contribution in [0.15, 0.2) is 12.4 Å². The minimum absolute atomic E-state index is 0.0444. The van der Waals surface area contributed by atoms with Crippen molar-refractivity contribution in [1.82, 2.24) is 10.2 Å². The number of nitrogens with zero attached hydrogens (tertiary/aromatic N) is 1. The lowest BCUT2D eigenvalue weighted by molar-refractivity contribution is 0.149. The predicted molar refractivity (Wildman–Crippen MR) is 52.6 cm³/mol. The van der Waals surface area contributed by atoms with Crippen molar-refractivity contribution in [1.29, 1.82) is 0 Å². The molecule has 13 heavy (non-hydrogen) atoms. The Balaban J connectivity index is 2.41. The van der Waals surface area contributed by atoms with Gasteiger partial charge in [-0.3, -0.25) is 5.10 Å². The SMILES string of the molecule is CCC(C)(CO)CNc1cn[nH]c1. The van der Waals surface area contributed by atoms with E-state index in [0.717, 1.165) is 18.7 Å². The van der Waals surface area contributed by atoms with Crippen molar-refractivity contribution in [3.05, 3.63) is 12.4 Å².